The molecule has 1 aromatic carbocycles. The number of aliphatic imine (C=N–C) groups is 1. The van der Waals surface area contributed by atoms with E-state index in [0.29, 0.717) is 13.2 Å². The second-order valence-electron chi connectivity index (χ2n) is 7.05. The van der Waals surface area contributed by atoms with Crippen molar-refractivity contribution in [3.8, 4) is 5.75 Å². The summed E-state index contributed by atoms with van der Waals surface area (Å²) in [5.74, 6) is 1.75. The molecule has 0 aliphatic carbocycles. The number of para-hydroxylation sites is 1. The summed E-state index contributed by atoms with van der Waals surface area (Å²) >= 11 is 0. The van der Waals surface area contributed by atoms with Crippen molar-refractivity contribution in [2.24, 2.45) is 4.99 Å². The number of hydrogen-bond acceptors (Lipinski definition) is 3. The first kappa shape index (κ1) is 25.0. The van der Waals surface area contributed by atoms with Crippen molar-refractivity contribution >= 4 is 29.9 Å². The minimum Gasteiger partial charge on any atom is -0.492 e. The van der Waals surface area contributed by atoms with Crippen LogP contribution in [-0.4, -0.2) is 49.2 Å². The first-order chi connectivity index (χ1) is 11.9. The Balaban J connectivity index is 0.00000625. The molecule has 0 amide bonds. The molecule has 0 aliphatic rings. The zero-order valence-corrected chi connectivity index (χ0v) is 19.6. The van der Waals surface area contributed by atoms with Crippen LogP contribution in [0.5, 0.6) is 5.75 Å². The molecule has 0 saturated heterocycles. The highest BCUT2D eigenvalue weighted by atomic mass is 127. The second kappa shape index (κ2) is 13.2. The molecule has 0 heterocycles. The maximum atomic E-state index is 6.01. The summed E-state index contributed by atoms with van der Waals surface area (Å²) < 4.78 is 6.01. The van der Waals surface area contributed by atoms with Crippen LogP contribution in [0.2, 0.25) is 0 Å². The fourth-order valence-corrected chi connectivity index (χ4v) is 2.43. The first-order valence-electron chi connectivity index (χ1n) is 9.39. The number of hydrogen-bond donors (Lipinski definition) is 2. The minimum atomic E-state index is -0.0270. The van der Waals surface area contributed by atoms with Gasteiger partial charge < -0.3 is 20.3 Å². The molecule has 0 atom stereocenters. The van der Waals surface area contributed by atoms with E-state index in [9.17, 15) is 0 Å². The lowest BCUT2D eigenvalue weighted by Crippen LogP contribution is -2.47. The second-order valence-corrected chi connectivity index (χ2v) is 7.05. The molecule has 0 aliphatic heterocycles. The third kappa shape index (κ3) is 10.2. The Morgan fingerprint density at radius 2 is 1.77 bits per heavy atom. The summed E-state index contributed by atoms with van der Waals surface area (Å²) in [7, 11) is 0. The molecular formula is C20H37IN4O. The van der Waals surface area contributed by atoms with E-state index >= 15 is 0 Å². The Kier molecular flexibility index (Phi) is 12.7. The zero-order chi connectivity index (χ0) is 18.7. The van der Waals surface area contributed by atoms with Gasteiger partial charge in [-0.1, -0.05) is 32.0 Å². The molecule has 0 radical (unpaired) electrons. The van der Waals surface area contributed by atoms with Crippen molar-refractivity contribution in [2.45, 2.75) is 53.6 Å². The summed E-state index contributed by atoms with van der Waals surface area (Å²) in [4.78, 5) is 7.07. The molecule has 1 aromatic rings. The van der Waals surface area contributed by atoms with Crippen molar-refractivity contribution in [1.82, 2.24) is 15.5 Å². The Morgan fingerprint density at radius 1 is 1.12 bits per heavy atom. The summed E-state index contributed by atoms with van der Waals surface area (Å²) in [5, 5.41) is 6.71. The molecule has 0 saturated carbocycles. The Morgan fingerprint density at radius 3 is 2.35 bits per heavy atom. The largest absolute Gasteiger partial charge is 0.492 e. The van der Waals surface area contributed by atoms with Crippen LogP contribution in [-0.2, 0) is 6.54 Å². The molecule has 0 bridgehead atoms. The van der Waals surface area contributed by atoms with E-state index in [4.69, 9.17) is 9.73 Å². The van der Waals surface area contributed by atoms with Crippen molar-refractivity contribution in [1.29, 1.82) is 0 Å². The number of benzene rings is 1. The Labute approximate surface area is 177 Å². The standard InChI is InChI=1S/C20H36N4O.HI/c1-7-21-19(23-20(4,5)6)22-16-17-12-10-11-13-18(17)25-15-14-24(8-2)9-3;/h10-13H,7-9,14-16H2,1-6H3,(H2,21,22,23);1H. The van der Waals surface area contributed by atoms with Crippen LogP contribution in [0.25, 0.3) is 0 Å². The van der Waals surface area contributed by atoms with Gasteiger partial charge >= 0.3 is 0 Å². The van der Waals surface area contributed by atoms with Crippen molar-refractivity contribution in [3.63, 3.8) is 0 Å². The van der Waals surface area contributed by atoms with Crippen molar-refractivity contribution < 1.29 is 4.74 Å². The SMILES string of the molecule is CCNC(=NCc1ccccc1OCCN(CC)CC)NC(C)(C)C.I. The molecule has 0 aromatic heterocycles. The molecule has 0 spiro atoms. The molecule has 6 heteroatoms. The van der Waals surface area contributed by atoms with Crippen LogP contribution in [0.1, 0.15) is 47.1 Å². The fraction of sp³-hybridized carbons (Fsp3) is 0.650. The van der Waals surface area contributed by atoms with E-state index < -0.39 is 0 Å². The average molecular weight is 476 g/mol. The quantitative estimate of drug-likeness (QED) is 0.323. The molecule has 0 unspecified atom stereocenters. The topological polar surface area (TPSA) is 48.9 Å². The van der Waals surface area contributed by atoms with Gasteiger partial charge in [0.1, 0.15) is 12.4 Å². The van der Waals surface area contributed by atoms with Crippen LogP contribution in [0, 0.1) is 0 Å². The van der Waals surface area contributed by atoms with Crippen LogP contribution >= 0.6 is 24.0 Å². The predicted octanol–water partition coefficient (Wildman–Crippen LogP) is 3.88. The van der Waals surface area contributed by atoms with Gasteiger partial charge in [0.2, 0.25) is 0 Å². The monoisotopic (exact) mass is 476 g/mol. The molecule has 2 N–H and O–H groups in total. The van der Waals surface area contributed by atoms with E-state index in [1.807, 2.05) is 18.2 Å². The number of guanidine groups is 1. The maximum absolute atomic E-state index is 6.01. The highest BCUT2D eigenvalue weighted by Gasteiger charge is 2.12. The molecule has 0 fully saturated rings. The maximum Gasteiger partial charge on any atom is 0.191 e. The van der Waals surface area contributed by atoms with Gasteiger partial charge in [0, 0.05) is 24.2 Å². The van der Waals surface area contributed by atoms with Crippen molar-refractivity contribution in [3.05, 3.63) is 29.8 Å². The van der Waals surface area contributed by atoms with E-state index in [1.54, 1.807) is 0 Å². The number of nitrogens with one attached hydrogen (secondary N) is 2. The third-order valence-corrected chi connectivity index (χ3v) is 3.78. The first-order valence-corrected chi connectivity index (χ1v) is 9.39. The van der Waals surface area contributed by atoms with E-state index in [1.165, 1.54) is 0 Å². The van der Waals surface area contributed by atoms with Crippen molar-refractivity contribution in [2.75, 3.05) is 32.8 Å². The van der Waals surface area contributed by atoms with Gasteiger partial charge in [0.15, 0.2) is 5.96 Å². The Bertz CT molecular complexity index is 525. The number of likely N-dealkylation sites (N-methyl/N-ethyl adjacent to an activating group) is 1. The summed E-state index contributed by atoms with van der Waals surface area (Å²) in [5.41, 5.74) is 1.08. The number of ether oxygens (including phenoxy) is 1. The normalized spacial score (nSPS) is 11.9. The van der Waals surface area contributed by atoms with Crippen LogP contribution in [0.4, 0.5) is 0 Å². The molecule has 150 valence electrons. The number of halogens is 1. The molecule has 1 rings (SSSR count). The van der Waals surface area contributed by atoms with E-state index in [-0.39, 0.29) is 29.5 Å². The smallest absolute Gasteiger partial charge is 0.191 e. The number of rotatable bonds is 9. The lowest BCUT2D eigenvalue weighted by atomic mass is 10.1. The summed E-state index contributed by atoms with van der Waals surface area (Å²) in [6, 6.07) is 8.15. The molecule has 5 nitrogen and oxygen atoms in total. The highest BCUT2D eigenvalue weighted by Crippen LogP contribution is 2.19. The lowest BCUT2D eigenvalue weighted by Gasteiger charge is -2.24. The van der Waals surface area contributed by atoms with Gasteiger partial charge in [-0.3, -0.25) is 0 Å². The minimum absolute atomic E-state index is 0. The predicted molar refractivity (Wildman–Crippen MR) is 123 cm³/mol. The zero-order valence-electron chi connectivity index (χ0n) is 17.3. The van der Waals surface area contributed by atoms with Crippen LogP contribution < -0.4 is 15.4 Å². The van der Waals surface area contributed by atoms with Gasteiger partial charge in [-0.2, -0.15) is 0 Å². The van der Waals surface area contributed by atoms with Gasteiger partial charge in [-0.25, -0.2) is 4.99 Å². The fourth-order valence-electron chi connectivity index (χ4n) is 2.43. The lowest BCUT2D eigenvalue weighted by molar-refractivity contribution is 0.221. The molecule has 26 heavy (non-hydrogen) atoms. The van der Waals surface area contributed by atoms with E-state index in [2.05, 4.69) is 63.1 Å². The van der Waals surface area contributed by atoms with Crippen LogP contribution in [0.15, 0.2) is 29.3 Å². The number of nitrogens with zero attached hydrogens (tertiary/aromatic N) is 2. The summed E-state index contributed by atoms with van der Waals surface area (Å²) in [6.07, 6.45) is 0. The highest BCUT2D eigenvalue weighted by molar-refractivity contribution is 14.0. The van der Waals surface area contributed by atoms with Gasteiger partial charge in [0.05, 0.1) is 6.54 Å². The van der Waals surface area contributed by atoms with Gasteiger partial charge in [0.25, 0.3) is 0 Å². The molecular weight excluding hydrogens is 439 g/mol. The van der Waals surface area contributed by atoms with Gasteiger partial charge in [-0.05, 0) is 46.9 Å². The Hall–Kier alpha value is -1.02. The average Bonchev–Trinajstić information content (AvgIpc) is 2.56. The van der Waals surface area contributed by atoms with Crippen LogP contribution in [0.3, 0.4) is 0 Å². The van der Waals surface area contributed by atoms with Gasteiger partial charge in [-0.15, -0.1) is 24.0 Å². The third-order valence-electron chi connectivity index (χ3n) is 3.78. The summed E-state index contributed by atoms with van der Waals surface area (Å²) in [6.45, 7) is 18.0. The van der Waals surface area contributed by atoms with E-state index in [0.717, 1.165) is 43.5 Å².